The number of fused-ring (bicyclic) bond motifs is 1. The fourth-order valence-corrected chi connectivity index (χ4v) is 3.06. The van der Waals surface area contributed by atoms with Crippen LogP contribution in [0.4, 0.5) is 11.4 Å². The van der Waals surface area contributed by atoms with Gasteiger partial charge in [-0.1, -0.05) is 0 Å². The molecular weight excluding hydrogens is 260 g/mol. The quantitative estimate of drug-likeness (QED) is 0.480. The Balaban J connectivity index is 2.23. The van der Waals surface area contributed by atoms with Crippen molar-refractivity contribution in [2.45, 2.75) is 11.3 Å². The third-order valence-electron chi connectivity index (χ3n) is 2.68. The molecule has 1 heterocycles. The molecule has 0 saturated heterocycles. The molecule has 17 heavy (non-hydrogen) atoms. The minimum absolute atomic E-state index is 0.162. The van der Waals surface area contributed by atoms with Crippen molar-refractivity contribution in [3.8, 4) is 0 Å². The second-order valence-electron chi connectivity index (χ2n) is 3.79. The highest BCUT2D eigenvalue weighted by Crippen LogP contribution is 2.37. The second kappa shape index (κ2) is 5.60. The lowest BCUT2D eigenvalue weighted by Crippen LogP contribution is -2.30. The summed E-state index contributed by atoms with van der Waals surface area (Å²) in [5.41, 5.74) is 1.26. The first kappa shape index (κ1) is 12.5. The largest absolute Gasteiger partial charge is 0.370 e. The van der Waals surface area contributed by atoms with E-state index in [1.807, 2.05) is 6.07 Å². The number of benzene rings is 1. The Morgan fingerprint density at radius 3 is 3.06 bits per heavy atom. The Hall–Kier alpha value is -0.940. The Morgan fingerprint density at radius 1 is 1.53 bits per heavy atom. The smallest absolute Gasteiger partial charge is 0.270 e. The summed E-state index contributed by atoms with van der Waals surface area (Å²) >= 11 is 7.37. The molecule has 0 saturated carbocycles. The van der Waals surface area contributed by atoms with Gasteiger partial charge in [0.05, 0.1) is 10.6 Å². The molecule has 0 aromatic heterocycles. The first-order chi connectivity index (χ1) is 8.22. The molecule has 6 heteroatoms. The molecule has 1 aliphatic rings. The average molecular weight is 273 g/mol. The number of hydrogen-bond donors (Lipinski definition) is 0. The van der Waals surface area contributed by atoms with Crippen LogP contribution in [-0.4, -0.2) is 29.6 Å². The van der Waals surface area contributed by atoms with E-state index in [1.54, 1.807) is 23.9 Å². The van der Waals surface area contributed by atoms with Gasteiger partial charge in [-0.3, -0.25) is 10.1 Å². The summed E-state index contributed by atoms with van der Waals surface area (Å²) in [6, 6.07) is 5.07. The number of nitrogens with zero attached hydrogens (tertiary/aromatic N) is 2. The number of hydrogen-bond acceptors (Lipinski definition) is 4. The number of thioether (sulfide) groups is 1. The summed E-state index contributed by atoms with van der Waals surface area (Å²) in [5, 5.41) is 10.7. The maximum Gasteiger partial charge on any atom is 0.270 e. The summed E-state index contributed by atoms with van der Waals surface area (Å²) in [6.45, 7) is 1.89. The van der Waals surface area contributed by atoms with Gasteiger partial charge < -0.3 is 4.90 Å². The molecule has 4 nitrogen and oxygen atoms in total. The molecule has 0 fully saturated rings. The number of nitro benzene ring substituents is 1. The van der Waals surface area contributed by atoms with Gasteiger partial charge in [0, 0.05) is 41.8 Å². The summed E-state index contributed by atoms with van der Waals surface area (Å²) in [7, 11) is 0. The summed E-state index contributed by atoms with van der Waals surface area (Å²) in [6.07, 6.45) is 0.933. The highest BCUT2D eigenvalue weighted by molar-refractivity contribution is 7.99. The Labute approximate surface area is 109 Å². The van der Waals surface area contributed by atoms with Gasteiger partial charge in [-0.15, -0.1) is 23.4 Å². The second-order valence-corrected chi connectivity index (χ2v) is 5.30. The van der Waals surface area contributed by atoms with Crippen LogP contribution in [0.3, 0.4) is 0 Å². The number of non-ortho nitro benzene ring substituents is 1. The van der Waals surface area contributed by atoms with Crippen LogP contribution in [-0.2, 0) is 0 Å². The van der Waals surface area contributed by atoms with E-state index in [-0.39, 0.29) is 10.6 Å². The number of halogens is 1. The van der Waals surface area contributed by atoms with Crippen molar-refractivity contribution in [2.75, 3.05) is 29.6 Å². The van der Waals surface area contributed by atoms with E-state index in [2.05, 4.69) is 4.90 Å². The van der Waals surface area contributed by atoms with Gasteiger partial charge >= 0.3 is 0 Å². The van der Waals surface area contributed by atoms with E-state index < -0.39 is 0 Å². The van der Waals surface area contributed by atoms with E-state index in [4.69, 9.17) is 11.6 Å². The van der Waals surface area contributed by atoms with E-state index >= 15 is 0 Å². The summed E-state index contributed by atoms with van der Waals surface area (Å²) in [4.78, 5) is 13.6. The van der Waals surface area contributed by atoms with Crippen molar-refractivity contribution >= 4 is 34.7 Å². The van der Waals surface area contributed by atoms with Gasteiger partial charge in [-0.25, -0.2) is 0 Å². The predicted octanol–water partition coefficient (Wildman–Crippen LogP) is 3.14. The molecule has 1 aromatic carbocycles. The standard InChI is InChI=1S/C11H13ClN2O2S/c12-4-1-5-13-6-7-17-11-8-9(14(15)16)2-3-10(11)13/h2-3,8H,1,4-7H2. The molecule has 0 amide bonds. The maximum absolute atomic E-state index is 10.7. The first-order valence-electron chi connectivity index (χ1n) is 5.44. The molecule has 1 aromatic rings. The highest BCUT2D eigenvalue weighted by atomic mass is 35.5. The number of rotatable bonds is 4. The van der Waals surface area contributed by atoms with Crippen LogP contribution < -0.4 is 4.90 Å². The van der Waals surface area contributed by atoms with Crippen LogP contribution >= 0.6 is 23.4 Å². The monoisotopic (exact) mass is 272 g/mol. The zero-order chi connectivity index (χ0) is 12.3. The Kier molecular flexibility index (Phi) is 4.12. The van der Waals surface area contributed by atoms with E-state index in [1.165, 1.54) is 0 Å². The van der Waals surface area contributed by atoms with Crippen LogP contribution in [0.1, 0.15) is 6.42 Å². The van der Waals surface area contributed by atoms with Crippen molar-refractivity contribution < 1.29 is 4.92 Å². The van der Waals surface area contributed by atoms with Gasteiger partial charge in [0.25, 0.3) is 5.69 Å². The summed E-state index contributed by atoms with van der Waals surface area (Å²) in [5.74, 6) is 1.61. The minimum atomic E-state index is -0.349. The molecule has 2 rings (SSSR count). The zero-order valence-electron chi connectivity index (χ0n) is 9.26. The third-order valence-corrected chi connectivity index (χ3v) is 3.97. The lowest BCUT2D eigenvalue weighted by molar-refractivity contribution is -0.385. The first-order valence-corrected chi connectivity index (χ1v) is 6.96. The molecule has 92 valence electrons. The Bertz CT molecular complexity index is 428. The lowest BCUT2D eigenvalue weighted by atomic mass is 10.2. The molecule has 0 spiro atoms. The molecule has 0 radical (unpaired) electrons. The van der Waals surface area contributed by atoms with Gasteiger partial charge in [-0.2, -0.15) is 0 Å². The molecule has 0 N–H and O–H groups in total. The maximum atomic E-state index is 10.7. The van der Waals surface area contributed by atoms with Gasteiger partial charge in [0.2, 0.25) is 0 Å². The van der Waals surface area contributed by atoms with Crippen molar-refractivity contribution in [3.05, 3.63) is 28.3 Å². The van der Waals surface area contributed by atoms with E-state index in [0.29, 0.717) is 5.88 Å². The van der Waals surface area contributed by atoms with Crippen molar-refractivity contribution in [1.29, 1.82) is 0 Å². The van der Waals surface area contributed by atoms with Crippen LogP contribution in [0.2, 0.25) is 0 Å². The Morgan fingerprint density at radius 2 is 2.35 bits per heavy atom. The van der Waals surface area contributed by atoms with Crippen LogP contribution in [0.15, 0.2) is 23.1 Å². The van der Waals surface area contributed by atoms with Gasteiger partial charge in [0.1, 0.15) is 0 Å². The fraction of sp³-hybridized carbons (Fsp3) is 0.455. The molecular formula is C11H13ClN2O2S. The van der Waals surface area contributed by atoms with Gasteiger partial charge in [-0.05, 0) is 12.5 Å². The molecule has 0 aliphatic carbocycles. The van der Waals surface area contributed by atoms with Crippen molar-refractivity contribution in [3.63, 3.8) is 0 Å². The van der Waals surface area contributed by atoms with E-state index in [0.717, 1.165) is 35.8 Å². The zero-order valence-corrected chi connectivity index (χ0v) is 10.8. The van der Waals surface area contributed by atoms with Crippen LogP contribution in [0, 0.1) is 10.1 Å². The molecule has 0 unspecified atom stereocenters. The predicted molar refractivity (Wildman–Crippen MR) is 71.4 cm³/mol. The van der Waals surface area contributed by atoms with Gasteiger partial charge in [0.15, 0.2) is 0 Å². The van der Waals surface area contributed by atoms with Crippen molar-refractivity contribution in [1.82, 2.24) is 0 Å². The summed E-state index contributed by atoms with van der Waals surface area (Å²) < 4.78 is 0. The highest BCUT2D eigenvalue weighted by Gasteiger charge is 2.19. The SMILES string of the molecule is O=[N+]([O-])c1ccc2c(c1)SCCN2CCCCl. The average Bonchev–Trinajstić information content (AvgIpc) is 2.35. The normalized spacial score (nSPS) is 14.5. The number of nitro groups is 1. The fourth-order valence-electron chi connectivity index (χ4n) is 1.86. The molecule has 0 atom stereocenters. The molecule has 0 bridgehead atoms. The van der Waals surface area contributed by atoms with Crippen LogP contribution in [0.25, 0.3) is 0 Å². The minimum Gasteiger partial charge on any atom is -0.370 e. The van der Waals surface area contributed by atoms with Crippen LogP contribution in [0.5, 0.6) is 0 Å². The molecule has 1 aliphatic heterocycles. The topological polar surface area (TPSA) is 46.4 Å². The third kappa shape index (κ3) is 2.84. The van der Waals surface area contributed by atoms with Crippen molar-refractivity contribution in [2.24, 2.45) is 0 Å². The lowest BCUT2D eigenvalue weighted by Gasteiger charge is -2.30. The number of alkyl halides is 1. The number of anilines is 1. The van der Waals surface area contributed by atoms with E-state index in [9.17, 15) is 10.1 Å².